The van der Waals surface area contributed by atoms with E-state index in [1.165, 1.54) is 35.2 Å². The summed E-state index contributed by atoms with van der Waals surface area (Å²) < 4.78 is 38.0. The average molecular weight is 462 g/mol. The highest BCUT2D eigenvalue weighted by Crippen LogP contribution is 2.26. The number of carbonyl (C=O) groups is 1. The zero-order valence-electron chi connectivity index (χ0n) is 19.0. The maximum absolute atomic E-state index is 13.1. The molecule has 174 valence electrons. The molecule has 2 aromatic rings. The Morgan fingerprint density at radius 1 is 1.16 bits per heavy atom. The molecule has 1 atom stereocenters. The van der Waals surface area contributed by atoms with Gasteiger partial charge in [-0.05, 0) is 44.8 Å². The predicted molar refractivity (Wildman–Crippen MR) is 123 cm³/mol. The van der Waals surface area contributed by atoms with Crippen molar-refractivity contribution < 1.29 is 22.7 Å². The lowest BCUT2D eigenvalue weighted by Gasteiger charge is -2.26. The van der Waals surface area contributed by atoms with Gasteiger partial charge in [-0.1, -0.05) is 29.8 Å². The van der Waals surface area contributed by atoms with Crippen LogP contribution in [-0.2, 0) is 14.8 Å². The molecule has 1 unspecified atom stereocenters. The van der Waals surface area contributed by atoms with E-state index in [-0.39, 0.29) is 35.5 Å². The minimum Gasteiger partial charge on any atom is -0.496 e. The van der Waals surface area contributed by atoms with Crippen LogP contribution in [0.1, 0.15) is 27.5 Å². The van der Waals surface area contributed by atoms with E-state index in [0.29, 0.717) is 25.5 Å². The van der Waals surface area contributed by atoms with Crippen LogP contribution in [0.3, 0.4) is 0 Å². The molecule has 0 radical (unpaired) electrons. The van der Waals surface area contributed by atoms with Gasteiger partial charge in [-0.25, -0.2) is 8.42 Å². The standard InChI is InChI=1S/C23H31N3O5S/c1-17-5-7-18(8-6-17)21(25(2)3)16-24-23(27)20-15-19(9-10-22(20)30-4)32(28,29)26-11-13-31-14-12-26/h5-10,15,21H,11-14,16H2,1-4H3,(H,24,27). The van der Waals surface area contributed by atoms with Crippen LogP contribution < -0.4 is 10.1 Å². The van der Waals surface area contributed by atoms with Gasteiger partial charge in [0.25, 0.3) is 5.91 Å². The summed E-state index contributed by atoms with van der Waals surface area (Å²) in [4.78, 5) is 15.1. The number of nitrogens with one attached hydrogen (secondary N) is 1. The van der Waals surface area contributed by atoms with E-state index in [1.807, 2.05) is 50.2 Å². The molecule has 32 heavy (non-hydrogen) atoms. The minimum atomic E-state index is -3.73. The van der Waals surface area contributed by atoms with Crippen molar-refractivity contribution in [3.63, 3.8) is 0 Å². The maximum atomic E-state index is 13.1. The number of benzene rings is 2. The molecule has 0 aromatic heterocycles. The maximum Gasteiger partial charge on any atom is 0.255 e. The van der Waals surface area contributed by atoms with Gasteiger partial charge in [0.2, 0.25) is 10.0 Å². The van der Waals surface area contributed by atoms with E-state index in [0.717, 1.165) is 5.56 Å². The largest absolute Gasteiger partial charge is 0.496 e. The summed E-state index contributed by atoms with van der Waals surface area (Å²) in [6, 6.07) is 12.5. The number of carbonyl (C=O) groups excluding carboxylic acids is 1. The minimum absolute atomic E-state index is 0.0363. The second kappa shape index (κ2) is 10.4. The smallest absolute Gasteiger partial charge is 0.255 e. The summed E-state index contributed by atoms with van der Waals surface area (Å²) in [5.41, 5.74) is 2.43. The van der Waals surface area contributed by atoms with Gasteiger partial charge in [-0.3, -0.25) is 4.79 Å². The molecule has 1 N–H and O–H groups in total. The predicted octanol–water partition coefficient (Wildman–Crippen LogP) is 2.06. The third kappa shape index (κ3) is 5.47. The summed E-state index contributed by atoms with van der Waals surface area (Å²) in [5.74, 6) is -0.0694. The van der Waals surface area contributed by atoms with Crippen molar-refractivity contribution in [3.05, 3.63) is 59.2 Å². The molecule has 3 rings (SSSR count). The van der Waals surface area contributed by atoms with E-state index in [4.69, 9.17) is 9.47 Å². The van der Waals surface area contributed by atoms with Crippen LogP contribution in [0.5, 0.6) is 5.75 Å². The summed E-state index contributed by atoms with van der Waals surface area (Å²) in [6.07, 6.45) is 0. The molecular weight excluding hydrogens is 430 g/mol. The van der Waals surface area contributed by atoms with Crippen molar-refractivity contribution in [2.75, 3.05) is 54.1 Å². The van der Waals surface area contributed by atoms with Crippen LogP contribution >= 0.6 is 0 Å². The van der Waals surface area contributed by atoms with Crippen molar-refractivity contribution in [2.24, 2.45) is 0 Å². The summed E-state index contributed by atoms with van der Waals surface area (Å²) in [7, 11) is 1.63. The molecule has 0 spiro atoms. The molecule has 1 fully saturated rings. The van der Waals surface area contributed by atoms with E-state index in [2.05, 4.69) is 5.32 Å². The Morgan fingerprint density at radius 2 is 1.81 bits per heavy atom. The fourth-order valence-corrected chi connectivity index (χ4v) is 5.07. The van der Waals surface area contributed by atoms with Crippen molar-refractivity contribution in [1.82, 2.24) is 14.5 Å². The Hall–Kier alpha value is -2.46. The van der Waals surface area contributed by atoms with Crippen molar-refractivity contribution in [3.8, 4) is 5.75 Å². The Bertz CT molecular complexity index is 1030. The van der Waals surface area contributed by atoms with E-state index in [9.17, 15) is 13.2 Å². The molecule has 1 amide bonds. The molecule has 0 saturated carbocycles. The Kier molecular flexibility index (Phi) is 7.89. The Balaban J connectivity index is 1.81. The first kappa shape index (κ1) is 24.2. The lowest BCUT2D eigenvalue weighted by molar-refractivity contribution is 0.0730. The fourth-order valence-electron chi connectivity index (χ4n) is 3.63. The van der Waals surface area contributed by atoms with Crippen LogP contribution in [0.15, 0.2) is 47.4 Å². The molecule has 1 heterocycles. The third-order valence-electron chi connectivity index (χ3n) is 5.56. The molecule has 1 saturated heterocycles. The fraction of sp³-hybridized carbons (Fsp3) is 0.435. The molecule has 9 heteroatoms. The highest BCUT2D eigenvalue weighted by molar-refractivity contribution is 7.89. The van der Waals surface area contributed by atoms with Crippen LogP contribution in [0.4, 0.5) is 0 Å². The van der Waals surface area contributed by atoms with Gasteiger partial charge in [0.1, 0.15) is 5.75 Å². The average Bonchev–Trinajstić information content (AvgIpc) is 2.80. The van der Waals surface area contributed by atoms with Gasteiger partial charge in [-0.15, -0.1) is 0 Å². The molecule has 0 aliphatic carbocycles. The summed E-state index contributed by atoms with van der Waals surface area (Å²) in [5, 5.41) is 2.94. The van der Waals surface area contributed by atoms with Crippen molar-refractivity contribution in [2.45, 2.75) is 17.9 Å². The number of sulfonamides is 1. The zero-order valence-corrected chi connectivity index (χ0v) is 19.8. The van der Waals surface area contributed by atoms with E-state index >= 15 is 0 Å². The SMILES string of the molecule is COc1ccc(S(=O)(=O)N2CCOCC2)cc1C(=O)NCC(c1ccc(C)cc1)N(C)C. The topological polar surface area (TPSA) is 88.2 Å². The molecule has 2 aromatic carbocycles. The number of ether oxygens (including phenoxy) is 2. The van der Waals surface area contributed by atoms with Gasteiger partial charge in [0.15, 0.2) is 0 Å². The molecule has 1 aliphatic rings. The molecule has 0 bridgehead atoms. The number of likely N-dealkylation sites (N-methyl/N-ethyl adjacent to an activating group) is 1. The lowest BCUT2D eigenvalue weighted by Crippen LogP contribution is -2.40. The van der Waals surface area contributed by atoms with E-state index in [1.54, 1.807) is 0 Å². The van der Waals surface area contributed by atoms with Crippen molar-refractivity contribution >= 4 is 15.9 Å². The monoisotopic (exact) mass is 461 g/mol. The lowest BCUT2D eigenvalue weighted by atomic mass is 10.0. The van der Waals surface area contributed by atoms with Gasteiger partial charge in [-0.2, -0.15) is 4.31 Å². The number of amides is 1. The van der Waals surface area contributed by atoms with Crippen LogP contribution in [0.2, 0.25) is 0 Å². The van der Waals surface area contributed by atoms with Gasteiger partial charge in [0, 0.05) is 19.6 Å². The number of hydrogen-bond donors (Lipinski definition) is 1. The number of morpholine rings is 1. The second-order valence-corrected chi connectivity index (χ2v) is 9.92. The van der Waals surface area contributed by atoms with Crippen LogP contribution in [0.25, 0.3) is 0 Å². The highest BCUT2D eigenvalue weighted by Gasteiger charge is 2.28. The number of hydrogen-bond acceptors (Lipinski definition) is 6. The highest BCUT2D eigenvalue weighted by atomic mass is 32.2. The molecular formula is C23H31N3O5S. The quantitative estimate of drug-likeness (QED) is 0.648. The first-order valence-corrected chi connectivity index (χ1v) is 11.9. The number of aryl methyl sites for hydroxylation is 1. The zero-order chi connectivity index (χ0) is 23.3. The number of nitrogens with zero attached hydrogens (tertiary/aromatic N) is 2. The van der Waals surface area contributed by atoms with Gasteiger partial charge >= 0.3 is 0 Å². The Morgan fingerprint density at radius 3 is 2.41 bits per heavy atom. The first-order chi connectivity index (χ1) is 15.2. The van der Waals surface area contributed by atoms with E-state index < -0.39 is 10.0 Å². The number of methoxy groups -OCH3 is 1. The van der Waals surface area contributed by atoms with Gasteiger partial charge in [0.05, 0.1) is 36.8 Å². The van der Waals surface area contributed by atoms with Crippen LogP contribution in [-0.4, -0.2) is 77.6 Å². The van der Waals surface area contributed by atoms with Crippen LogP contribution in [0, 0.1) is 6.92 Å². The first-order valence-electron chi connectivity index (χ1n) is 10.5. The normalized spacial score (nSPS) is 16.0. The van der Waals surface area contributed by atoms with Crippen molar-refractivity contribution in [1.29, 1.82) is 0 Å². The van der Waals surface area contributed by atoms with Gasteiger partial charge < -0.3 is 19.7 Å². The summed E-state index contributed by atoms with van der Waals surface area (Å²) >= 11 is 0. The summed E-state index contributed by atoms with van der Waals surface area (Å²) in [6.45, 7) is 3.67. The molecule has 1 aliphatic heterocycles. The Labute approximate surface area is 190 Å². The third-order valence-corrected chi connectivity index (χ3v) is 7.46. The second-order valence-electron chi connectivity index (χ2n) is 7.98. The number of rotatable bonds is 8. The molecule has 8 nitrogen and oxygen atoms in total.